The van der Waals surface area contributed by atoms with E-state index in [1.807, 2.05) is 13.8 Å². The SMILES string of the molecule is CCCCC(CC)CNCC(C)(C)O. The lowest BCUT2D eigenvalue weighted by Crippen LogP contribution is -2.37. The van der Waals surface area contributed by atoms with Crippen LogP contribution in [0.15, 0.2) is 0 Å². The van der Waals surface area contributed by atoms with E-state index in [-0.39, 0.29) is 0 Å². The minimum Gasteiger partial charge on any atom is -0.389 e. The first kappa shape index (κ1) is 13.9. The molecule has 0 rings (SSSR count). The summed E-state index contributed by atoms with van der Waals surface area (Å²) in [6.07, 6.45) is 5.15. The Morgan fingerprint density at radius 2 is 1.93 bits per heavy atom. The number of hydrogen-bond acceptors (Lipinski definition) is 2. The fourth-order valence-electron chi connectivity index (χ4n) is 1.53. The van der Waals surface area contributed by atoms with Crippen LogP contribution >= 0.6 is 0 Å². The van der Waals surface area contributed by atoms with Crippen LogP contribution in [0.3, 0.4) is 0 Å². The van der Waals surface area contributed by atoms with Crippen molar-refractivity contribution in [2.45, 2.75) is 59.0 Å². The van der Waals surface area contributed by atoms with Gasteiger partial charge in [0.1, 0.15) is 0 Å². The Hall–Kier alpha value is -0.0800. The zero-order valence-corrected chi connectivity index (χ0v) is 10.3. The van der Waals surface area contributed by atoms with Gasteiger partial charge in [-0.2, -0.15) is 0 Å². The van der Waals surface area contributed by atoms with E-state index in [4.69, 9.17) is 0 Å². The Labute approximate surface area is 89.1 Å². The first-order chi connectivity index (χ1) is 6.49. The van der Waals surface area contributed by atoms with Gasteiger partial charge in [-0.25, -0.2) is 0 Å². The Bertz CT molecular complexity index is 129. The Balaban J connectivity index is 3.52. The third-order valence-corrected chi connectivity index (χ3v) is 2.53. The van der Waals surface area contributed by atoms with E-state index in [0.717, 1.165) is 12.5 Å². The van der Waals surface area contributed by atoms with E-state index in [9.17, 15) is 5.11 Å². The van der Waals surface area contributed by atoms with Crippen molar-refractivity contribution in [2.24, 2.45) is 5.92 Å². The van der Waals surface area contributed by atoms with E-state index in [1.165, 1.54) is 25.7 Å². The molecule has 86 valence electrons. The van der Waals surface area contributed by atoms with Gasteiger partial charge in [0, 0.05) is 6.54 Å². The van der Waals surface area contributed by atoms with Crippen LogP contribution in [-0.4, -0.2) is 23.8 Å². The van der Waals surface area contributed by atoms with Crippen LogP contribution in [0, 0.1) is 5.92 Å². The lowest BCUT2D eigenvalue weighted by Gasteiger charge is -2.21. The summed E-state index contributed by atoms with van der Waals surface area (Å²) in [5, 5.41) is 12.9. The zero-order valence-electron chi connectivity index (χ0n) is 10.3. The molecule has 0 saturated carbocycles. The summed E-state index contributed by atoms with van der Waals surface area (Å²) in [5.41, 5.74) is -0.580. The second-order valence-corrected chi connectivity index (χ2v) is 4.86. The maximum Gasteiger partial charge on any atom is 0.0715 e. The maximum atomic E-state index is 9.52. The largest absolute Gasteiger partial charge is 0.389 e. The summed E-state index contributed by atoms with van der Waals surface area (Å²) in [5.74, 6) is 0.775. The van der Waals surface area contributed by atoms with Crippen LogP contribution in [0.1, 0.15) is 53.4 Å². The monoisotopic (exact) mass is 201 g/mol. The van der Waals surface area contributed by atoms with Crippen molar-refractivity contribution in [3.63, 3.8) is 0 Å². The van der Waals surface area contributed by atoms with E-state index in [1.54, 1.807) is 0 Å². The second kappa shape index (κ2) is 7.24. The molecule has 0 fully saturated rings. The molecule has 0 aliphatic carbocycles. The lowest BCUT2D eigenvalue weighted by molar-refractivity contribution is 0.0785. The molecule has 0 aromatic heterocycles. The van der Waals surface area contributed by atoms with Crippen molar-refractivity contribution in [2.75, 3.05) is 13.1 Å². The molecule has 0 aromatic carbocycles. The standard InChI is InChI=1S/C12H27NO/c1-5-7-8-11(6-2)9-13-10-12(3,4)14/h11,13-14H,5-10H2,1-4H3. The molecule has 1 atom stereocenters. The molecule has 0 radical (unpaired) electrons. The molecule has 0 aliphatic rings. The van der Waals surface area contributed by atoms with Crippen molar-refractivity contribution in [3.05, 3.63) is 0 Å². The normalized spacial score (nSPS) is 14.4. The van der Waals surface area contributed by atoms with Gasteiger partial charge in [0.05, 0.1) is 5.60 Å². The molecule has 0 bridgehead atoms. The van der Waals surface area contributed by atoms with E-state index in [0.29, 0.717) is 6.54 Å². The van der Waals surface area contributed by atoms with Crippen LogP contribution in [0.25, 0.3) is 0 Å². The summed E-state index contributed by atoms with van der Waals surface area (Å²) in [7, 11) is 0. The summed E-state index contributed by atoms with van der Waals surface area (Å²) >= 11 is 0. The lowest BCUT2D eigenvalue weighted by atomic mass is 9.99. The number of aliphatic hydroxyl groups is 1. The summed E-state index contributed by atoms with van der Waals surface area (Å²) in [6.45, 7) is 9.89. The van der Waals surface area contributed by atoms with Crippen LogP contribution in [0.5, 0.6) is 0 Å². The van der Waals surface area contributed by atoms with Gasteiger partial charge in [-0.3, -0.25) is 0 Å². The van der Waals surface area contributed by atoms with E-state index < -0.39 is 5.60 Å². The molecular weight excluding hydrogens is 174 g/mol. The Morgan fingerprint density at radius 1 is 1.29 bits per heavy atom. The average molecular weight is 201 g/mol. The quantitative estimate of drug-likeness (QED) is 0.632. The van der Waals surface area contributed by atoms with Crippen molar-refractivity contribution in [1.82, 2.24) is 5.32 Å². The Morgan fingerprint density at radius 3 is 2.36 bits per heavy atom. The highest BCUT2D eigenvalue weighted by molar-refractivity contribution is 4.70. The van der Waals surface area contributed by atoms with Gasteiger partial charge in [0.15, 0.2) is 0 Å². The molecule has 0 heterocycles. The number of nitrogens with one attached hydrogen (secondary N) is 1. The van der Waals surface area contributed by atoms with Crippen molar-refractivity contribution >= 4 is 0 Å². The van der Waals surface area contributed by atoms with Crippen molar-refractivity contribution < 1.29 is 5.11 Å². The van der Waals surface area contributed by atoms with Crippen LogP contribution < -0.4 is 5.32 Å². The molecule has 0 aromatic rings. The molecule has 2 nitrogen and oxygen atoms in total. The van der Waals surface area contributed by atoms with Crippen molar-refractivity contribution in [1.29, 1.82) is 0 Å². The van der Waals surface area contributed by atoms with Crippen molar-refractivity contribution in [3.8, 4) is 0 Å². The highest BCUT2D eigenvalue weighted by atomic mass is 16.3. The molecule has 2 heteroatoms. The first-order valence-corrected chi connectivity index (χ1v) is 5.92. The van der Waals surface area contributed by atoms with Gasteiger partial charge in [-0.1, -0.05) is 33.1 Å². The molecule has 2 N–H and O–H groups in total. The fraction of sp³-hybridized carbons (Fsp3) is 1.00. The van der Waals surface area contributed by atoms with Gasteiger partial charge < -0.3 is 10.4 Å². The van der Waals surface area contributed by atoms with Gasteiger partial charge in [0.25, 0.3) is 0 Å². The third kappa shape index (κ3) is 8.52. The zero-order chi connectivity index (χ0) is 11.0. The third-order valence-electron chi connectivity index (χ3n) is 2.53. The topological polar surface area (TPSA) is 32.3 Å². The van der Waals surface area contributed by atoms with Gasteiger partial charge in [0.2, 0.25) is 0 Å². The summed E-state index contributed by atoms with van der Waals surface area (Å²) in [4.78, 5) is 0. The molecule has 0 aliphatic heterocycles. The highest BCUT2D eigenvalue weighted by Crippen LogP contribution is 2.11. The predicted molar refractivity (Wildman–Crippen MR) is 62.5 cm³/mol. The van der Waals surface area contributed by atoms with Crippen LogP contribution in [-0.2, 0) is 0 Å². The summed E-state index contributed by atoms with van der Waals surface area (Å²) < 4.78 is 0. The molecule has 14 heavy (non-hydrogen) atoms. The molecule has 0 amide bonds. The molecular formula is C12H27NO. The maximum absolute atomic E-state index is 9.52. The predicted octanol–water partition coefficient (Wildman–Crippen LogP) is 2.56. The van der Waals surface area contributed by atoms with Crippen LogP contribution in [0.4, 0.5) is 0 Å². The minimum atomic E-state index is -0.580. The molecule has 0 saturated heterocycles. The second-order valence-electron chi connectivity index (χ2n) is 4.86. The smallest absolute Gasteiger partial charge is 0.0715 e. The average Bonchev–Trinajstić information content (AvgIpc) is 2.09. The van der Waals surface area contributed by atoms with Gasteiger partial charge in [-0.15, -0.1) is 0 Å². The molecule has 1 unspecified atom stereocenters. The number of rotatable bonds is 8. The highest BCUT2D eigenvalue weighted by Gasteiger charge is 2.12. The van der Waals surface area contributed by atoms with Gasteiger partial charge >= 0.3 is 0 Å². The Kier molecular flexibility index (Phi) is 7.20. The first-order valence-electron chi connectivity index (χ1n) is 5.92. The number of hydrogen-bond donors (Lipinski definition) is 2. The van der Waals surface area contributed by atoms with E-state index >= 15 is 0 Å². The van der Waals surface area contributed by atoms with E-state index in [2.05, 4.69) is 19.2 Å². The van der Waals surface area contributed by atoms with Gasteiger partial charge in [-0.05, 0) is 32.7 Å². The minimum absolute atomic E-state index is 0.580. The number of unbranched alkanes of at least 4 members (excludes halogenated alkanes) is 1. The molecule has 0 spiro atoms. The van der Waals surface area contributed by atoms with Crippen LogP contribution in [0.2, 0.25) is 0 Å². The summed E-state index contributed by atoms with van der Waals surface area (Å²) in [6, 6.07) is 0. The fourth-order valence-corrected chi connectivity index (χ4v) is 1.53.